The standard InChI is InChI=1S/C16H19N3S/c17-11-13-8-3-9-14-15(13)18-16(20)19(14)10-4-7-12-5-1-2-6-12/h3,8-9,12H,1-2,4-7,10H2,(H,18,20). The van der Waals surface area contributed by atoms with E-state index >= 15 is 0 Å². The normalized spacial score (nSPS) is 15.8. The van der Waals surface area contributed by atoms with Gasteiger partial charge in [0.1, 0.15) is 6.07 Å². The van der Waals surface area contributed by atoms with E-state index in [4.69, 9.17) is 17.5 Å². The van der Waals surface area contributed by atoms with Crippen LogP contribution in [-0.2, 0) is 6.54 Å². The maximum atomic E-state index is 9.14. The second-order valence-corrected chi connectivity index (χ2v) is 6.07. The van der Waals surface area contributed by atoms with Crippen LogP contribution in [-0.4, -0.2) is 9.55 Å². The molecule has 1 N–H and O–H groups in total. The lowest BCUT2D eigenvalue weighted by molar-refractivity contribution is 0.460. The van der Waals surface area contributed by atoms with Crippen molar-refractivity contribution in [3.05, 3.63) is 28.5 Å². The van der Waals surface area contributed by atoms with E-state index in [2.05, 4.69) is 15.6 Å². The first-order chi connectivity index (χ1) is 9.79. The molecular formula is C16H19N3S. The molecule has 1 aromatic heterocycles. The van der Waals surface area contributed by atoms with Crippen LogP contribution in [0, 0.1) is 22.0 Å². The average Bonchev–Trinajstić information content (AvgIpc) is 3.07. The molecule has 1 aliphatic rings. The summed E-state index contributed by atoms with van der Waals surface area (Å²) >= 11 is 5.41. The van der Waals surface area contributed by atoms with Gasteiger partial charge in [-0.3, -0.25) is 0 Å². The highest BCUT2D eigenvalue weighted by Gasteiger charge is 2.15. The summed E-state index contributed by atoms with van der Waals surface area (Å²) in [5.41, 5.74) is 2.60. The van der Waals surface area contributed by atoms with Gasteiger partial charge in [0.05, 0.1) is 16.6 Å². The average molecular weight is 285 g/mol. The predicted molar refractivity (Wildman–Crippen MR) is 83.0 cm³/mol. The number of fused-ring (bicyclic) bond motifs is 1. The molecule has 2 aromatic rings. The van der Waals surface area contributed by atoms with E-state index < -0.39 is 0 Å². The monoisotopic (exact) mass is 285 g/mol. The molecule has 104 valence electrons. The maximum absolute atomic E-state index is 9.14. The molecule has 3 nitrogen and oxygen atoms in total. The molecule has 0 amide bonds. The van der Waals surface area contributed by atoms with Gasteiger partial charge in [0.15, 0.2) is 4.77 Å². The number of aromatic nitrogens is 2. The fraction of sp³-hybridized carbons (Fsp3) is 0.500. The fourth-order valence-electron chi connectivity index (χ4n) is 3.33. The first kappa shape index (κ1) is 13.4. The Kier molecular flexibility index (Phi) is 3.88. The molecule has 20 heavy (non-hydrogen) atoms. The van der Waals surface area contributed by atoms with Crippen LogP contribution >= 0.6 is 12.2 Å². The summed E-state index contributed by atoms with van der Waals surface area (Å²) in [4.78, 5) is 3.18. The molecule has 0 radical (unpaired) electrons. The van der Waals surface area contributed by atoms with Crippen molar-refractivity contribution in [3.63, 3.8) is 0 Å². The molecular weight excluding hydrogens is 266 g/mol. The van der Waals surface area contributed by atoms with Crippen molar-refractivity contribution in [3.8, 4) is 6.07 Å². The molecule has 1 heterocycles. The third-order valence-corrected chi connectivity index (χ3v) is 4.72. The van der Waals surface area contributed by atoms with Gasteiger partial charge in [0.25, 0.3) is 0 Å². The van der Waals surface area contributed by atoms with E-state index in [1.807, 2.05) is 18.2 Å². The highest BCUT2D eigenvalue weighted by atomic mass is 32.1. The van der Waals surface area contributed by atoms with Crippen LogP contribution in [0.5, 0.6) is 0 Å². The Morgan fingerprint density at radius 3 is 2.90 bits per heavy atom. The van der Waals surface area contributed by atoms with Crippen molar-refractivity contribution in [1.29, 1.82) is 5.26 Å². The van der Waals surface area contributed by atoms with Crippen molar-refractivity contribution >= 4 is 23.3 Å². The molecule has 1 fully saturated rings. The molecule has 3 rings (SSSR count). The largest absolute Gasteiger partial charge is 0.329 e. The number of aryl methyl sites for hydroxylation is 1. The molecule has 0 bridgehead atoms. The second kappa shape index (κ2) is 5.80. The molecule has 4 heteroatoms. The first-order valence-electron chi connectivity index (χ1n) is 7.41. The van der Waals surface area contributed by atoms with Crippen molar-refractivity contribution < 1.29 is 0 Å². The highest BCUT2D eigenvalue weighted by molar-refractivity contribution is 7.71. The lowest BCUT2D eigenvalue weighted by Gasteiger charge is -2.09. The van der Waals surface area contributed by atoms with Crippen molar-refractivity contribution in [2.24, 2.45) is 5.92 Å². The number of hydrogen-bond acceptors (Lipinski definition) is 2. The molecule has 1 aromatic carbocycles. The topological polar surface area (TPSA) is 44.5 Å². The minimum absolute atomic E-state index is 0.670. The predicted octanol–water partition coefficient (Wildman–Crippen LogP) is 4.54. The second-order valence-electron chi connectivity index (χ2n) is 5.69. The number of nitriles is 1. The van der Waals surface area contributed by atoms with Gasteiger partial charge < -0.3 is 9.55 Å². The number of para-hydroxylation sites is 1. The summed E-state index contributed by atoms with van der Waals surface area (Å²) in [5.74, 6) is 0.920. The number of nitrogens with one attached hydrogen (secondary N) is 1. The van der Waals surface area contributed by atoms with Crippen LogP contribution in [0.15, 0.2) is 18.2 Å². The summed E-state index contributed by atoms with van der Waals surface area (Å²) in [5, 5.41) is 9.14. The number of imidazole rings is 1. The Hall–Kier alpha value is -1.60. The van der Waals surface area contributed by atoms with Gasteiger partial charge >= 0.3 is 0 Å². The van der Waals surface area contributed by atoms with Gasteiger partial charge in [-0.1, -0.05) is 31.7 Å². The third-order valence-electron chi connectivity index (χ3n) is 4.40. The lowest BCUT2D eigenvalue weighted by Crippen LogP contribution is -2.01. The molecule has 0 aliphatic heterocycles. The quantitative estimate of drug-likeness (QED) is 0.838. The van der Waals surface area contributed by atoms with Crippen LogP contribution in [0.3, 0.4) is 0 Å². The number of hydrogen-bond donors (Lipinski definition) is 1. The Balaban J connectivity index is 1.79. The molecule has 0 unspecified atom stereocenters. The van der Waals surface area contributed by atoms with E-state index in [-0.39, 0.29) is 0 Å². The molecule has 0 atom stereocenters. The SMILES string of the molecule is N#Cc1cccc2c1[nH]c(=S)n2CCCC1CCCC1. The van der Waals surface area contributed by atoms with E-state index in [0.717, 1.165) is 28.3 Å². The summed E-state index contributed by atoms with van der Waals surface area (Å²) in [6.07, 6.45) is 8.08. The van der Waals surface area contributed by atoms with Gasteiger partial charge in [-0.2, -0.15) is 5.26 Å². The van der Waals surface area contributed by atoms with E-state index in [0.29, 0.717) is 5.56 Å². The minimum atomic E-state index is 0.670. The summed E-state index contributed by atoms with van der Waals surface area (Å²) in [6.45, 7) is 0.949. The van der Waals surface area contributed by atoms with Crippen molar-refractivity contribution in [1.82, 2.24) is 9.55 Å². The Bertz CT molecular complexity index is 699. The highest BCUT2D eigenvalue weighted by Crippen LogP contribution is 2.29. The number of H-pyrrole nitrogens is 1. The molecule has 1 saturated carbocycles. The van der Waals surface area contributed by atoms with Gasteiger partial charge in [0.2, 0.25) is 0 Å². The smallest absolute Gasteiger partial charge is 0.178 e. The van der Waals surface area contributed by atoms with Crippen LogP contribution in [0.2, 0.25) is 0 Å². The number of nitrogens with zero attached hydrogens (tertiary/aromatic N) is 2. The number of benzene rings is 1. The summed E-state index contributed by atoms with van der Waals surface area (Å²) in [6, 6.07) is 8.02. The minimum Gasteiger partial charge on any atom is -0.329 e. The Morgan fingerprint density at radius 1 is 1.35 bits per heavy atom. The van der Waals surface area contributed by atoms with Gasteiger partial charge in [-0.05, 0) is 43.1 Å². The Morgan fingerprint density at radius 2 is 2.15 bits per heavy atom. The maximum Gasteiger partial charge on any atom is 0.178 e. The lowest BCUT2D eigenvalue weighted by atomic mass is 10.0. The van der Waals surface area contributed by atoms with Gasteiger partial charge in [0, 0.05) is 6.54 Å². The van der Waals surface area contributed by atoms with Gasteiger partial charge in [-0.15, -0.1) is 0 Å². The molecule has 1 aliphatic carbocycles. The molecule has 0 saturated heterocycles. The summed E-state index contributed by atoms with van der Waals surface area (Å²) < 4.78 is 2.87. The Labute approximate surface area is 124 Å². The molecule has 0 spiro atoms. The zero-order valence-corrected chi connectivity index (χ0v) is 12.4. The third kappa shape index (κ3) is 2.51. The fourth-order valence-corrected chi connectivity index (χ4v) is 3.62. The van der Waals surface area contributed by atoms with Crippen molar-refractivity contribution in [2.45, 2.75) is 45.1 Å². The van der Waals surface area contributed by atoms with Crippen LogP contribution in [0.4, 0.5) is 0 Å². The van der Waals surface area contributed by atoms with E-state index in [1.165, 1.54) is 38.5 Å². The van der Waals surface area contributed by atoms with Gasteiger partial charge in [-0.25, -0.2) is 0 Å². The van der Waals surface area contributed by atoms with Crippen LogP contribution in [0.1, 0.15) is 44.1 Å². The number of aromatic amines is 1. The first-order valence-corrected chi connectivity index (χ1v) is 7.82. The van der Waals surface area contributed by atoms with E-state index in [9.17, 15) is 0 Å². The van der Waals surface area contributed by atoms with Crippen molar-refractivity contribution in [2.75, 3.05) is 0 Å². The number of rotatable bonds is 4. The zero-order chi connectivity index (χ0) is 13.9. The zero-order valence-electron chi connectivity index (χ0n) is 11.6. The summed E-state index contributed by atoms with van der Waals surface area (Å²) in [7, 11) is 0. The van der Waals surface area contributed by atoms with Crippen LogP contribution < -0.4 is 0 Å². The van der Waals surface area contributed by atoms with E-state index in [1.54, 1.807) is 0 Å². The van der Waals surface area contributed by atoms with Crippen LogP contribution in [0.25, 0.3) is 11.0 Å².